The average Bonchev–Trinajstić information content (AvgIpc) is 3.09. The van der Waals surface area contributed by atoms with Crippen molar-refractivity contribution in [3.8, 4) is 0 Å². The first kappa shape index (κ1) is 42.6. The van der Waals surface area contributed by atoms with E-state index in [0.29, 0.717) is 56.1 Å². The predicted molar refractivity (Wildman–Crippen MR) is 171 cm³/mol. The predicted octanol–water partition coefficient (Wildman–Crippen LogP) is 4.88. The Balaban J connectivity index is 2.55. The van der Waals surface area contributed by atoms with E-state index in [1.54, 1.807) is 13.8 Å². The smallest absolute Gasteiger partial charge is 0.339 e. The lowest BCUT2D eigenvalue weighted by molar-refractivity contribution is -0.266. The molecule has 0 aliphatic heterocycles. The number of hydrogen-bond acceptors (Lipinski definition) is 14. The van der Waals surface area contributed by atoms with E-state index >= 15 is 0 Å². The molecule has 1 rings (SSSR count). The van der Waals surface area contributed by atoms with Crippen molar-refractivity contribution in [2.24, 2.45) is 0 Å². The summed E-state index contributed by atoms with van der Waals surface area (Å²) < 4.78 is 20.3. The van der Waals surface area contributed by atoms with Crippen molar-refractivity contribution in [2.75, 3.05) is 39.6 Å². The maximum atomic E-state index is 12.8. The van der Waals surface area contributed by atoms with Gasteiger partial charge in [-0.15, -0.1) is 0 Å². The molecule has 1 aromatic rings. The average molecular weight is 707 g/mol. The second-order valence-electron chi connectivity index (χ2n) is 10.2. The number of esters is 4. The van der Waals surface area contributed by atoms with Crippen LogP contribution in [0.5, 0.6) is 0 Å². The van der Waals surface area contributed by atoms with E-state index in [0.717, 1.165) is 6.07 Å². The van der Waals surface area contributed by atoms with Gasteiger partial charge in [0.25, 0.3) is 0 Å². The van der Waals surface area contributed by atoms with Crippen LogP contribution in [0.2, 0.25) is 0 Å². The minimum Gasteiger partial charge on any atom is -0.478 e. The van der Waals surface area contributed by atoms with Crippen LogP contribution < -0.4 is 0 Å². The van der Waals surface area contributed by atoms with E-state index in [2.05, 4.69) is 24.6 Å². The summed E-state index contributed by atoms with van der Waals surface area (Å²) in [6, 6.07) is 1.51. The van der Waals surface area contributed by atoms with Gasteiger partial charge in [-0.05, 0) is 50.7 Å². The summed E-state index contributed by atoms with van der Waals surface area (Å²) in [5.41, 5.74) is 2.51. The lowest BCUT2D eigenvalue weighted by atomic mass is 9.98. The molecule has 0 amide bonds. The highest BCUT2D eigenvalue weighted by Crippen LogP contribution is 2.21. The Morgan fingerprint density at radius 1 is 0.540 bits per heavy atom. The van der Waals surface area contributed by atoms with Gasteiger partial charge in [-0.2, -0.15) is 9.78 Å². The summed E-state index contributed by atoms with van der Waals surface area (Å²) in [6.07, 6.45) is 2.60. The van der Waals surface area contributed by atoms with Gasteiger partial charge in [-0.3, -0.25) is 9.59 Å². The molecular weight excluding hydrogens is 664 g/mol. The maximum Gasteiger partial charge on any atom is 0.339 e. The molecule has 0 unspecified atom stereocenters. The zero-order valence-electron chi connectivity index (χ0n) is 28.1. The number of aromatic carboxylic acids is 2. The van der Waals surface area contributed by atoms with E-state index in [-0.39, 0.29) is 52.5 Å². The summed E-state index contributed by atoms with van der Waals surface area (Å²) in [7, 11) is 0. The summed E-state index contributed by atoms with van der Waals surface area (Å²) >= 11 is 0. The molecule has 0 heterocycles. The highest BCUT2D eigenvalue weighted by atomic mass is 17.2. The first-order chi connectivity index (χ1) is 23.9. The van der Waals surface area contributed by atoms with Gasteiger partial charge < -0.3 is 38.9 Å². The van der Waals surface area contributed by atoms with Crippen molar-refractivity contribution in [1.29, 1.82) is 0 Å². The van der Waals surface area contributed by atoms with Gasteiger partial charge in [-0.25, -0.2) is 19.2 Å². The number of hydrogen-bond donors (Lipinski definition) is 2. The monoisotopic (exact) mass is 706 g/mol. The van der Waals surface area contributed by atoms with E-state index in [1.165, 1.54) is 0 Å². The number of carboxylic acid groups (broad SMARTS) is 2. The van der Waals surface area contributed by atoms with Crippen molar-refractivity contribution in [3.05, 3.63) is 70.5 Å². The molecule has 1 aromatic carbocycles. The second kappa shape index (κ2) is 24.7. The topological polar surface area (TPSA) is 217 Å². The fraction of sp³-hybridized carbons (Fsp3) is 0.471. The van der Waals surface area contributed by atoms with Crippen LogP contribution in [0, 0.1) is 0 Å². The molecule has 0 spiro atoms. The van der Waals surface area contributed by atoms with Crippen LogP contribution in [0.1, 0.15) is 107 Å². The van der Waals surface area contributed by atoms with Gasteiger partial charge in [0, 0.05) is 26.7 Å². The molecular formula is C34H42O16. The summed E-state index contributed by atoms with van der Waals surface area (Å²) in [5, 5.41) is 19.2. The molecule has 0 radical (unpaired) electrons. The molecule has 0 atom stereocenters. The number of carbonyl (C=O) groups excluding carboxylic acids is 4. The number of unbranched alkanes of at least 4 members (excludes halogenated alkanes) is 4. The van der Waals surface area contributed by atoms with E-state index in [1.807, 2.05) is 0 Å². The number of carbonyl (C=O) groups is 6. The molecule has 0 fully saturated rings. The highest BCUT2D eigenvalue weighted by Gasteiger charge is 2.27. The molecule has 0 aromatic heterocycles. The van der Waals surface area contributed by atoms with Crippen LogP contribution in [0.15, 0.2) is 48.3 Å². The van der Waals surface area contributed by atoms with Gasteiger partial charge >= 0.3 is 35.8 Å². The van der Waals surface area contributed by atoms with E-state index in [4.69, 9.17) is 38.5 Å². The van der Waals surface area contributed by atoms with Crippen molar-refractivity contribution in [3.63, 3.8) is 0 Å². The molecule has 0 saturated heterocycles. The SMILES string of the molecule is C=C=C(C)OOCCOC(=O)CCCCCOC(=O)c1cc(C(=O)OCCCCCC(=O)OCCOOC(C)=C=C)c(C(=O)O)cc1C(=O)O. The quantitative estimate of drug-likeness (QED) is 0.0250. The molecule has 50 heavy (non-hydrogen) atoms. The molecule has 0 bridgehead atoms. The third kappa shape index (κ3) is 17.7. The van der Waals surface area contributed by atoms with Gasteiger partial charge in [0.1, 0.15) is 26.4 Å². The third-order valence-corrected chi connectivity index (χ3v) is 6.30. The van der Waals surface area contributed by atoms with Crippen LogP contribution in [0.4, 0.5) is 0 Å². The standard InChI is InChI=1S/C34H42O16/c1-5-23(3)49-47-19-17-43-29(35)13-9-7-11-15-45-33(41)27-22-28(26(32(39)40)21-25(27)31(37)38)34(42)46-16-12-8-10-14-30(36)44-18-20-48-50-24(4)6-2/h21-22H,1-2,7-20H2,3-4H3,(H,37,38)(H,39,40). The minimum absolute atomic E-state index is 0.00977. The molecule has 16 nitrogen and oxygen atoms in total. The maximum absolute atomic E-state index is 12.8. The number of carboxylic acids is 2. The highest BCUT2D eigenvalue weighted by molar-refractivity contribution is 6.09. The van der Waals surface area contributed by atoms with Gasteiger partial charge in [0.2, 0.25) is 0 Å². The Labute approximate surface area is 288 Å². The van der Waals surface area contributed by atoms with Gasteiger partial charge in [0.15, 0.2) is 11.5 Å². The molecule has 0 aliphatic rings. The summed E-state index contributed by atoms with van der Waals surface area (Å²) in [4.78, 5) is 91.9. The van der Waals surface area contributed by atoms with Crippen molar-refractivity contribution < 1.29 is 77.5 Å². The van der Waals surface area contributed by atoms with E-state index in [9.17, 15) is 39.0 Å². The van der Waals surface area contributed by atoms with Crippen LogP contribution in [0.25, 0.3) is 0 Å². The van der Waals surface area contributed by atoms with Crippen LogP contribution in [-0.4, -0.2) is 85.7 Å². The van der Waals surface area contributed by atoms with Crippen LogP contribution in [0.3, 0.4) is 0 Å². The zero-order valence-corrected chi connectivity index (χ0v) is 28.1. The summed E-state index contributed by atoms with van der Waals surface area (Å²) in [6.45, 7) is 9.61. The molecule has 0 saturated carbocycles. The lowest BCUT2D eigenvalue weighted by Gasteiger charge is -2.12. The van der Waals surface area contributed by atoms with Gasteiger partial charge in [-0.1, -0.05) is 24.6 Å². The third-order valence-electron chi connectivity index (χ3n) is 6.30. The Hall–Kier alpha value is -5.40. The Bertz CT molecular complexity index is 1330. The van der Waals surface area contributed by atoms with Crippen molar-refractivity contribution >= 4 is 35.8 Å². The Morgan fingerprint density at radius 2 is 0.920 bits per heavy atom. The fourth-order valence-corrected chi connectivity index (χ4v) is 3.72. The summed E-state index contributed by atoms with van der Waals surface area (Å²) in [5.74, 6) is -5.67. The fourth-order valence-electron chi connectivity index (χ4n) is 3.72. The van der Waals surface area contributed by atoms with E-state index < -0.39 is 58.1 Å². The van der Waals surface area contributed by atoms with Crippen molar-refractivity contribution in [2.45, 2.75) is 65.2 Å². The first-order valence-electron chi connectivity index (χ1n) is 15.5. The first-order valence-corrected chi connectivity index (χ1v) is 15.5. The second-order valence-corrected chi connectivity index (χ2v) is 10.2. The van der Waals surface area contributed by atoms with Crippen molar-refractivity contribution in [1.82, 2.24) is 0 Å². The molecule has 0 aliphatic carbocycles. The number of ether oxygens (including phenoxy) is 4. The Morgan fingerprint density at radius 3 is 1.28 bits per heavy atom. The lowest BCUT2D eigenvalue weighted by Crippen LogP contribution is -2.19. The molecule has 274 valence electrons. The molecule has 16 heteroatoms. The van der Waals surface area contributed by atoms with Crippen LogP contribution >= 0.6 is 0 Å². The number of allylic oxidation sites excluding steroid dienone is 2. The minimum atomic E-state index is -1.61. The largest absolute Gasteiger partial charge is 0.478 e. The molecule has 2 N–H and O–H groups in total. The van der Waals surface area contributed by atoms with Crippen LogP contribution in [-0.2, 0) is 48.1 Å². The Kier molecular flexibility index (Phi) is 21.1. The number of rotatable bonds is 26. The van der Waals surface area contributed by atoms with Gasteiger partial charge in [0.05, 0.1) is 35.5 Å². The number of benzene rings is 1. The normalized spacial score (nSPS) is 10.1. The zero-order chi connectivity index (χ0) is 37.3.